The van der Waals surface area contributed by atoms with Crippen molar-refractivity contribution in [2.75, 3.05) is 25.2 Å². The lowest BCUT2D eigenvalue weighted by molar-refractivity contribution is -0.128. The first-order valence-corrected chi connectivity index (χ1v) is 12.9. The number of carbonyl (C=O) groups excluding carboxylic acids is 3. The van der Waals surface area contributed by atoms with Crippen LogP contribution in [-0.2, 0) is 35.1 Å². The van der Waals surface area contributed by atoms with Gasteiger partial charge in [-0.2, -0.15) is 0 Å². The van der Waals surface area contributed by atoms with Crippen LogP contribution in [0.15, 0.2) is 61.2 Å². The number of hydrogen-bond donors (Lipinski definition) is 0. The van der Waals surface area contributed by atoms with E-state index in [-0.39, 0.29) is 24.5 Å². The monoisotopic (exact) mass is 574 g/mol. The molecule has 0 radical (unpaired) electrons. The molecule has 2 saturated heterocycles. The molecule has 2 aliphatic rings. The van der Waals surface area contributed by atoms with Gasteiger partial charge in [-0.05, 0) is 48.4 Å². The van der Waals surface area contributed by atoms with Gasteiger partial charge in [-0.15, -0.1) is 0 Å². The number of carbonyl (C=O) groups is 3. The Labute approximate surface area is 222 Å². The first-order chi connectivity index (χ1) is 18.0. The number of hydrogen-bond acceptors (Lipinski definition) is 9. The number of ether oxygens (including phenoxy) is 6. The summed E-state index contributed by atoms with van der Waals surface area (Å²) in [6.07, 6.45) is -0.375. The van der Waals surface area contributed by atoms with Crippen LogP contribution in [0.25, 0.3) is 0 Å². The average molecular weight is 575 g/mol. The molecule has 0 bridgehead atoms. The third-order valence-corrected chi connectivity index (χ3v) is 6.40. The smallest absolute Gasteiger partial charge is 0.338 e. The number of halogens is 1. The second-order valence-corrected chi connectivity index (χ2v) is 9.22. The summed E-state index contributed by atoms with van der Waals surface area (Å²) in [5.74, 6) is -1.37. The van der Waals surface area contributed by atoms with E-state index in [0.29, 0.717) is 18.8 Å². The normalized spacial score (nSPS) is 22.2. The summed E-state index contributed by atoms with van der Waals surface area (Å²) < 4.78 is 33.3. The Morgan fingerprint density at radius 2 is 1.43 bits per heavy atom. The van der Waals surface area contributed by atoms with Gasteiger partial charge in [0.05, 0.1) is 30.9 Å². The SMILES string of the molecule is C=CC(=O)Oc1ccc(C(=O)OC2COC3C(OC(=O)c4ccc(COCCCBr)cc4)COC23)cc1. The van der Waals surface area contributed by atoms with Crippen molar-refractivity contribution in [3.63, 3.8) is 0 Å². The van der Waals surface area contributed by atoms with Crippen molar-refractivity contribution in [2.45, 2.75) is 37.4 Å². The van der Waals surface area contributed by atoms with Crippen molar-refractivity contribution in [3.05, 3.63) is 77.9 Å². The second-order valence-electron chi connectivity index (χ2n) is 8.43. The maximum atomic E-state index is 12.7. The number of fused-ring (bicyclic) bond motifs is 1. The minimum atomic E-state index is -0.650. The molecule has 0 N–H and O–H groups in total. The van der Waals surface area contributed by atoms with Gasteiger partial charge in [0, 0.05) is 18.0 Å². The Hall–Kier alpha value is -3.05. The third-order valence-electron chi connectivity index (χ3n) is 5.84. The van der Waals surface area contributed by atoms with Gasteiger partial charge in [-0.25, -0.2) is 14.4 Å². The topological polar surface area (TPSA) is 107 Å². The molecule has 196 valence electrons. The lowest BCUT2D eigenvalue weighted by Gasteiger charge is -2.17. The minimum Gasteiger partial charge on any atom is -0.453 e. The van der Waals surface area contributed by atoms with Crippen LogP contribution in [0.3, 0.4) is 0 Å². The Balaban J connectivity index is 1.26. The lowest BCUT2D eigenvalue weighted by Crippen LogP contribution is -2.36. The highest BCUT2D eigenvalue weighted by Gasteiger charge is 2.51. The second kappa shape index (κ2) is 13.0. The molecule has 0 amide bonds. The van der Waals surface area contributed by atoms with E-state index in [9.17, 15) is 14.4 Å². The van der Waals surface area contributed by atoms with E-state index in [1.807, 2.05) is 12.1 Å². The zero-order valence-electron chi connectivity index (χ0n) is 20.0. The molecular weight excluding hydrogens is 548 g/mol. The highest BCUT2D eigenvalue weighted by atomic mass is 79.9. The van der Waals surface area contributed by atoms with E-state index in [1.54, 1.807) is 12.1 Å². The molecule has 0 aromatic heterocycles. The fraction of sp³-hybridized carbons (Fsp3) is 0.370. The number of esters is 3. The number of benzene rings is 2. The minimum absolute atomic E-state index is 0.119. The van der Waals surface area contributed by atoms with E-state index in [4.69, 9.17) is 28.4 Å². The predicted molar refractivity (Wildman–Crippen MR) is 135 cm³/mol. The molecule has 9 nitrogen and oxygen atoms in total. The highest BCUT2D eigenvalue weighted by molar-refractivity contribution is 9.09. The van der Waals surface area contributed by atoms with Crippen LogP contribution in [0.4, 0.5) is 0 Å². The van der Waals surface area contributed by atoms with Crippen molar-refractivity contribution in [1.82, 2.24) is 0 Å². The molecular formula is C27H27BrO9. The first kappa shape index (κ1) is 27.0. The largest absolute Gasteiger partial charge is 0.453 e. The molecule has 2 aromatic carbocycles. The summed E-state index contributed by atoms with van der Waals surface area (Å²) in [7, 11) is 0. The van der Waals surface area contributed by atoms with Gasteiger partial charge in [-0.3, -0.25) is 0 Å². The lowest BCUT2D eigenvalue weighted by atomic mass is 10.1. The molecule has 10 heteroatoms. The van der Waals surface area contributed by atoms with Gasteiger partial charge >= 0.3 is 17.9 Å². The van der Waals surface area contributed by atoms with Crippen molar-refractivity contribution in [3.8, 4) is 5.75 Å². The van der Waals surface area contributed by atoms with E-state index in [0.717, 1.165) is 23.4 Å². The van der Waals surface area contributed by atoms with Crippen LogP contribution in [-0.4, -0.2) is 67.5 Å². The van der Waals surface area contributed by atoms with Gasteiger partial charge in [0.15, 0.2) is 12.2 Å². The molecule has 2 aromatic rings. The van der Waals surface area contributed by atoms with Crippen LogP contribution < -0.4 is 4.74 Å². The molecule has 2 heterocycles. The van der Waals surface area contributed by atoms with Crippen molar-refractivity contribution >= 4 is 33.8 Å². The molecule has 0 saturated carbocycles. The molecule has 4 rings (SSSR count). The molecule has 4 unspecified atom stereocenters. The Morgan fingerprint density at radius 1 is 0.892 bits per heavy atom. The molecule has 0 spiro atoms. The van der Waals surface area contributed by atoms with Gasteiger partial charge in [-0.1, -0.05) is 34.6 Å². The Bertz CT molecular complexity index is 1100. The summed E-state index contributed by atoms with van der Waals surface area (Å²) in [6, 6.07) is 13.0. The van der Waals surface area contributed by atoms with Gasteiger partial charge in [0.25, 0.3) is 0 Å². The van der Waals surface area contributed by atoms with E-state index < -0.39 is 42.3 Å². The summed E-state index contributed by atoms with van der Waals surface area (Å²) in [5.41, 5.74) is 1.65. The van der Waals surface area contributed by atoms with Crippen LogP contribution in [0, 0.1) is 0 Å². The van der Waals surface area contributed by atoms with Crippen molar-refractivity contribution in [1.29, 1.82) is 0 Å². The maximum absolute atomic E-state index is 12.7. The first-order valence-electron chi connectivity index (χ1n) is 11.8. The van der Waals surface area contributed by atoms with Gasteiger partial charge in [0.1, 0.15) is 18.0 Å². The molecule has 0 aliphatic carbocycles. The maximum Gasteiger partial charge on any atom is 0.338 e. The number of alkyl halides is 1. The summed E-state index contributed by atoms with van der Waals surface area (Å²) in [4.78, 5) is 36.5. The molecule has 2 aliphatic heterocycles. The fourth-order valence-corrected chi connectivity index (χ4v) is 4.17. The van der Waals surface area contributed by atoms with Gasteiger partial charge in [0.2, 0.25) is 0 Å². The van der Waals surface area contributed by atoms with Crippen LogP contribution in [0.2, 0.25) is 0 Å². The fourth-order valence-electron chi connectivity index (χ4n) is 3.94. The average Bonchev–Trinajstić information content (AvgIpc) is 3.50. The summed E-state index contributed by atoms with van der Waals surface area (Å²) >= 11 is 3.36. The zero-order valence-corrected chi connectivity index (χ0v) is 21.6. The standard InChI is InChI=1S/C27H27BrO9/c1-2-23(29)35-20-10-8-19(9-11-20)27(31)37-22-16-34-24-21(15-33-25(22)24)36-26(30)18-6-4-17(5-7-18)14-32-13-3-12-28/h2,4-11,21-22,24-25H,1,3,12-16H2. The van der Waals surface area contributed by atoms with Crippen molar-refractivity contribution in [2.24, 2.45) is 0 Å². The Kier molecular flexibility index (Phi) is 9.45. The summed E-state index contributed by atoms with van der Waals surface area (Å²) in [6.45, 7) is 4.73. The summed E-state index contributed by atoms with van der Waals surface area (Å²) in [5, 5.41) is 0.891. The van der Waals surface area contributed by atoms with Crippen LogP contribution >= 0.6 is 15.9 Å². The van der Waals surface area contributed by atoms with E-state index in [1.165, 1.54) is 24.3 Å². The van der Waals surface area contributed by atoms with Crippen LogP contribution in [0.5, 0.6) is 5.75 Å². The van der Waals surface area contributed by atoms with Crippen LogP contribution in [0.1, 0.15) is 32.7 Å². The van der Waals surface area contributed by atoms with Crippen molar-refractivity contribution < 1.29 is 42.8 Å². The number of rotatable bonds is 11. The van der Waals surface area contributed by atoms with E-state index >= 15 is 0 Å². The van der Waals surface area contributed by atoms with E-state index in [2.05, 4.69) is 22.5 Å². The molecule has 4 atom stereocenters. The molecule has 37 heavy (non-hydrogen) atoms. The van der Waals surface area contributed by atoms with Gasteiger partial charge < -0.3 is 28.4 Å². The third kappa shape index (κ3) is 7.04. The Morgan fingerprint density at radius 3 is 1.95 bits per heavy atom. The predicted octanol–water partition coefficient (Wildman–Crippen LogP) is 3.63. The zero-order chi connectivity index (χ0) is 26.2. The quantitative estimate of drug-likeness (QED) is 0.131. The molecule has 2 fully saturated rings. The highest BCUT2D eigenvalue weighted by Crippen LogP contribution is 2.31.